The molecule has 84 valence electrons. The Morgan fingerprint density at radius 3 is 2.62 bits per heavy atom. The number of hydrogen-bond acceptors (Lipinski definition) is 2. The van der Waals surface area contributed by atoms with Crippen LogP contribution in [-0.2, 0) is 6.42 Å². The second-order valence-electron chi connectivity index (χ2n) is 4.02. The highest BCUT2D eigenvalue weighted by Gasteiger charge is 2.01. The number of nitrogens with one attached hydrogen (secondary N) is 1. The van der Waals surface area contributed by atoms with Crippen LogP contribution in [0.2, 0.25) is 0 Å². The van der Waals surface area contributed by atoms with Crippen LogP contribution in [0.3, 0.4) is 0 Å². The first kappa shape index (κ1) is 11.1. The Morgan fingerprint density at radius 2 is 1.88 bits per heavy atom. The maximum atomic E-state index is 9.42. The van der Waals surface area contributed by atoms with Gasteiger partial charge in [-0.1, -0.05) is 42.5 Å². The lowest BCUT2D eigenvalue weighted by Gasteiger charge is -2.09. The minimum Gasteiger partial charge on any atom is -0.379 e. The van der Waals surface area contributed by atoms with Gasteiger partial charge in [-0.15, -0.1) is 0 Å². The van der Waals surface area contributed by atoms with Crippen LogP contribution in [0.1, 0.15) is 12.0 Å². The number of hydrogen-bond donors (Lipinski definition) is 2. The second-order valence-corrected chi connectivity index (χ2v) is 4.02. The van der Waals surface area contributed by atoms with Gasteiger partial charge in [-0.3, -0.25) is 5.32 Å². The highest BCUT2D eigenvalue weighted by Crippen LogP contribution is 2.16. The number of rotatable bonds is 4. The van der Waals surface area contributed by atoms with Gasteiger partial charge in [0.1, 0.15) is 6.23 Å². The molecular weight excluding hydrogens is 198 g/mol. The highest BCUT2D eigenvalue weighted by atomic mass is 16.3. The molecule has 1 atom stereocenters. The van der Waals surface area contributed by atoms with Gasteiger partial charge < -0.3 is 5.11 Å². The highest BCUT2D eigenvalue weighted by molar-refractivity contribution is 5.82. The van der Waals surface area contributed by atoms with Crippen LogP contribution >= 0.6 is 0 Å². The lowest BCUT2D eigenvalue weighted by molar-refractivity contribution is 0.137. The quantitative estimate of drug-likeness (QED) is 0.767. The van der Waals surface area contributed by atoms with Crippen LogP contribution in [0.25, 0.3) is 10.8 Å². The van der Waals surface area contributed by atoms with Crippen LogP contribution in [0.4, 0.5) is 0 Å². The van der Waals surface area contributed by atoms with E-state index < -0.39 is 6.23 Å². The van der Waals surface area contributed by atoms with Gasteiger partial charge in [0, 0.05) is 0 Å². The molecule has 0 spiro atoms. The Bertz CT molecular complexity index is 467. The number of benzene rings is 2. The van der Waals surface area contributed by atoms with E-state index >= 15 is 0 Å². The van der Waals surface area contributed by atoms with E-state index in [1.165, 1.54) is 16.3 Å². The molecule has 1 unspecified atom stereocenters. The smallest absolute Gasteiger partial charge is 0.104 e. The topological polar surface area (TPSA) is 32.3 Å². The zero-order chi connectivity index (χ0) is 11.4. The first-order valence-electron chi connectivity index (χ1n) is 5.62. The Hall–Kier alpha value is -1.38. The summed E-state index contributed by atoms with van der Waals surface area (Å²) in [5, 5.41) is 14.8. The monoisotopic (exact) mass is 215 g/mol. The average Bonchev–Trinajstić information content (AvgIpc) is 2.35. The normalized spacial score (nSPS) is 12.9. The van der Waals surface area contributed by atoms with E-state index in [0.29, 0.717) is 0 Å². The van der Waals surface area contributed by atoms with Crippen LogP contribution in [0.5, 0.6) is 0 Å². The molecule has 2 aromatic carbocycles. The summed E-state index contributed by atoms with van der Waals surface area (Å²) in [6.07, 6.45) is 1.23. The molecule has 0 fully saturated rings. The average molecular weight is 215 g/mol. The first-order valence-corrected chi connectivity index (χ1v) is 5.62. The molecule has 2 nitrogen and oxygen atoms in total. The minimum absolute atomic E-state index is 0.411. The fourth-order valence-corrected chi connectivity index (χ4v) is 1.84. The van der Waals surface area contributed by atoms with Crippen molar-refractivity contribution in [2.45, 2.75) is 19.1 Å². The molecule has 0 amide bonds. The lowest BCUT2D eigenvalue weighted by Crippen LogP contribution is -2.24. The molecule has 2 aromatic rings. The van der Waals surface area contributed by atoms with Gasteiger partial charge in [-0.2, -0.15) is 0 Å². The van der Waals surface area contributed by atoms with E-state index in [0.717, 1.165) is 12.8 Å². The lowest BCUT2D eigenvalue weighted by atomic mass is 10.0. The SMILES string of the molecule is CNC(O)CCc1ccc2ccccc2c1. The van der Waals surface area contributed by atoms with E-state index in [2.05, 4.69) is 41.7 Å². The predicted molar refractivity (Wildman–Crippen MR) is 67.3 cm³/mol. The van der Waals surface area contributed by atoms with Crippen molar-refractivity contribution < 1.29 is 5.11 Å². The molecule has 0 aromatic heterocycles. The van der Waals surface area contributed by atoms with Gasteiger partial charge >= 0.3 is 0 Å². The molecule has 2 rings (SSSR count). The Labute approximate surface area is 95.9 Å². The van der Waals surface area contributed by atoms with Crippen molar-refractivity contribution >= 4 is 10.8 Å². The molecule has 0 aliphatic heterocycles. The Kier molecular flexibility index (Phi) is 3.54. The van der Waals surface area contributed by atoms with Crippen molar-refractivity contribution in [2.75, 3.05) is 7.05 Å². The van der Waals surface area contributed by atoms with Gasteiger partial charge in [-0.25, -0.2) is 0 Å². The van der Waals surface area contributed by atoms with Gasteiger partial charge in [0.25, 0.3) is 0 Å². The van der Waals surface area contributed by atoms with Crippen molar-refractivity contribution in [3.05, 3.63) is 48.0 Å². The number of fused-ring (bicyclic) bond motifs is 1. The maximum absolute atomic E-state index is 9.42. The summed E-state index contributed by atoms with van der Waals surface area (Å²) in [6, 6.07) is 14.8. The van der Waals surface area contributed by atoms with E-state index in [1.54, 1.807) is 7.05 Å². The first-order chi connectivity index (χ1) is 7.79. The van der Waals surface area contributed by atoms with Crippen molar-refractivity contribution in [3.63, 3.8) is 0 Å². The van der Waals surface area contributed by atoms with E-state index in [4.69, 9.17) is 0 Å². The molecule has 2 heteroatoms. The molecule has 0 aliphatic rings. The molecule has 0 aliphatic carbocycles. The second kappa shape index (κ2) is 5.10. The third-order valence-electron chi connectivity index (χ3n) is 2.85. The summed E-state index contributed by atoms with van der Waals surface area (Å²) in [5.74, 6) is 0. The van der Waals surface area contributed by atoms with Crippen LogP contribution in [-0.4, -0.2) is 18.4 Å². The van der Waals surface area contributed by atoms with Crippen molar-refractivity contribution in [3.8, 4) is 0 Å². The maximum Gasteiger partial charge on any atom is 0.104 e. The standard InChI is InChI=1S/C14H17NO/c1-15-14(16)9-7-11-6-8-12-4-2-3-5-13(12)10-11/h2-6,8,10,14-16H,7,9H2,1H3. The third-order valence-corrected chi connectivity index (χ3v) is 2.85. The van der Waals surface area contributed by atoms with Crippen molar-refractivity contribution in [2.24, 2.45) is 0 Å². The van der Waals surface area contributed by atoms with E-state index in [-0.39, 0.29) is 0 Å². The number of aryl methyl sites for hydroxylation is 1. The van der Waals surface area contributed by atoms with Crippen LogP contribution in [0.15, 0.2) is 42.5 Å². The van der Waals surface area contributed by atoms with E-state index in [9.17, 15) is 5.11 Å². The summed E-state index contributed by atoms with van der Waals surface area (Å²) in [7, 11) is 1.77. The predicted octanol–water partition coefficient (Wildman–Crippen LogP) is 2.31. The fraction of sp³-hybridized carbons (Fsp3) is 0.286. The largest absolute Gasteiger partial charge is 0.379 e. The molecule has 0 heterocycles. The zero-order valence-electron chi connectivity index (χ0n) is 9.48. The number of aliphatic hydroxyl groups is 1. The molecule has 0 bridgehead atoms. The zero-order valence-corrected chi connectivity index (χ0v) is 9.48. The molecule has 16 heavy (non-hydrogen) atoms. The summed E-state index contributed by atoms with van der Waals surface area (Å²) >= 11 is 0. The summed E-state index contributed by atoms with van der Waals surface area (Å²) in [6.45, 7) is 0. The molecule has 0 saturated heterocycles. The molecule has 0 saturated carbocycles. The molecule has 0 radical (unpaired) electrons. The van der Waals surface area contributed by atoms with Gasteiger partial charge in [0.05, 0.1) is 0 Å². The van der Waals surface area contributed by atoms with Gasteiger partial charge in [-0.05, 0) is 36.2 Å². The van der Waals surface area contributed by atoms with Gasteiger partial charge in [0.15, 0.2) is 0 Å². The third kappa shape index (κ3) is 2.60. The van der Waals surface area contributed by atoms with Crippen molar-refractivity contribution in [1.82, 2.24) is 5.32 Å². The summed E-state index contributed by atoms with van der Waals surface area (Å²) < 4.78 is 0. The van der Waals surface area contributed by atoms with Crippen LogP contribution < -0.4 is 5.32 Å². The minimum atomic E-state index is -0.411. The Morgan fingerprint density at radius 1 is 1.12 bits per heavy atom. The van der Waals surface area contributed by atoms with E-state index in [1.807, 2.05) is 6.07 Å². The van der Waals surface area contributed by atoms with Gasteiger partial charge in [0.2, 0.25) is 0 Å². The summed E-state index contributed by atoms with van der Waals surface area (Å²) in [5.41, 5.74) is 1.27. The number of aliphatic hydroxyl groups excluding tert-OH is 1. The fourth-order valence-electron chi connectivity index (χ4n) is 1.84. The molecular formula is C14H17NO. The molecule has 2 N–H and O–H groups in total. The summed E-state index contributed by atoms with van der Waals surface area (Å²) in [4.78, 5) is 0. The Balaban J connectivity index is 2.13. The van der Waals surface area contributed by atoms with Crippen molar-refractivity contribution in [1.29, 1.82) is 0 Å². The van der Waals surface area contributed by atoms with Crippen LogP contribution in [0, 0.1) is 0 Å².